The normalized spacial score (nSPS) is 17.0. The van der Waals surface area contributed by atoms with Crippen LogP contribution in [0.25, 0.3) is 0 Å². The fourth-order valence-electron chi connectivity index (χ4n) is 2.41. The van der Waals surface area contributed by atoms with E-state index in [1.54, 1.807) is 18.0 Å². The van der Waals surface area contributed by atoms with Gasteiger partial charge < -0.3 is 10.6 Å². The Balaban J connectivity index is 1.47. The highest BCUT2D eigenvalue weighted by molar-refractivity contribution is 8.00. The molecule has 3 rings (SSSR count). The van der Waals surface area contributed by atoms with Gasteiger partial charge in [0.05, 0.1) is 5.25 Å². The van der Waals surface area contributed by atoms with Crippen molar-refractivity contribution in [2.75, 3.05) is 16.4 Å². The van der Waals surface area contributed by atoms with Crippen LogP contribution in [0.5, 0.6) is 0 Å². The molecule has 1 aromatic heterocycles. The number of anilines is 2. The van der Waals surface area contributed by atoms with E-state index in [1.807, 2.05) is 29.6 Å². The average molecular weight is 347 g/mol. The van der Waals surface area contributed by atoms with Gasteiger partial charge in [-0.15, -0.1) is 23.1 Å². The minimum Gasteiger partial charge on any atom is -0.325 e. The van der Waals surface area contributed by atoms with E-state index in [-0.39, 0.29) is 17.1 Å². The maximum atomic E-state index is 12.3. The maximum Gasteiger partial charge on any atom is 0.237 e. The number of fused-ring (bicyclic) bond motifs is 1. The number of nitrogens with zero attached hydrogens (tertiary/aromatic N) is 1. The van der Waals surface area contributed by atoms with Crippen molar-refractivity contribution >= 4 is 45.7 Å². The Labute approximate surface area is 142 Å². The SMILES string of the molecule is O=C(CCS[C@@H]1CCc2ccccc2NC1=O)Nc1nccs1. The first-order valence-corrected chi connectivity index (χ1v) is 9.35. The van der Waals surface area contributed by atoms with Gasteiger partial charge in [0.2, 0.25) is 11.8 Å². The van der Waals surface area contributed by atoms with Gasteiger partial charge in [-0.1, -0.05) is 18.2 Å². The van der Waals surface area contributed by atoms with Crippen LogP contribution in [0.2, 0.25) is 0 Å². The minimum atomic E-state index is -0.116. The first kappa shape index (κ1) is 16.0. The van der Waals surface area contributed by atoms with Crippen LogP contribution >= 0.6 is 23.1 Å². The summed E-state index contributed by atoms with van der Waals surface area (Å²) in [6.07, 6.45) is 3.70. The number of rotatable bonds is 5. The molecule has 23 heavy (non-hydrogen) atoms. The number of amides is 2. The smallest absolute Gasteiger partial charge is 0.237 e. The van der Waals surface area contributed by atoms with E-state index < -0.39 is 0 Å². The van der Waals surface area contributed by atoms with Gasteiger partial charge in [0.15, 0.2) is 5.13 Å². The Morgan fingerprint density at radius 2 is 2.30 bits per heavy atom. The molecule has 0 fully saturated rings. The summed E-state index contributed by atoms with van der Waals surface area (Å²) < 4.78 is 0. The second-order valence-electron chi connectivity index (χ2n) is 5.18. The van der Waals surface area contributed by atoms with Crippen molar-refractivity contribution in [3.8, 4) is 0 Å². The van der Waals surface area contributed by atoms with E-state index >= 15 is 0 Å². The van der Waals surface area contributed by atoms with Crippen LogP contribution < -0.4 is 10.6 Å². The van der Waals surface area contributed by atoms with E-state index in [4.69, 9.17) is 0 Å². The molecule has 2 N–H and O–H groups in total. The van der Waals surface area contributed by atoms with Crippen LogP contribution in [0, 0.1) is 0 Å². The number of aromatic nitrogens is 1. The van der Waals surface area contributed by atoms with Crippen molar-refractivity contribution in [1.82, 2.24) is 4.98 Å². The zero-order chi connectivity index (χ0) is 16.1. The van der Waals surface area contributed by atoms with Crippen LogP contribution in [0.15, 0.2) is 35.8 Å². The predicted molar refractivity (Wildman–Crippen MR) is 95.0 cm³/mol. The number of thioether (sulfide) groups is 1. The molecule has 0 aliphatic carbocycles. The number of hydrogen-bond acceptors (Lipinski definition) is 5. The molecule has 7 heteroatoms. The molecule has 2 amide bonds. The van der Waals surface area contributed by atoms with Gasteiger partial charge in [-0.3, -0.25) is 9.59 Å². The van der Waals surface area contributed by atoms with E-state index in [0.717, 1.165) is 18.5 Å². The minimum absolute atomic E-state index is 0.0280. The fraction of sp³-hybridized carbons (Fsp3) is 0.312. The lowest BCUT2D eigenvalue weighted by atomic mass is 10.1. The standard InChI is InChI=1S/C16H17N3O2S2/c20-14(19-16-17-8-10-23-16)7-9-22-13-6-5-11-3-1-2-4-12(11)18-15(13)21/h1-4,8,10,13H,5-7,9H2,(H,18,21)(H,17,19,20)/t13-/m1/s1. The zero-order valence-corrected chi connectivity index (χ0v) is 14.1. The molecule has 2 heterocycles. The van der Waals surface area contributed by atoms with Gasteiger partial charge in [-0.2, -0.15) is 0 Å². The van der Waals surface area contributed by atoms with Crippen LogP contribution in [0.1, 0.15) is 18.4 Å². The molecule has 120 valence electrons. The van der Waals surface area contributed by atoms with Crippen LogP contribution in [0.4, 0.5) is 10.8 Å². The molecule has 0 radical (unpaired) electrons. The summed E-state index contributed by atoms with van der Waals surface area (Å²) >= 11 is 2.94. The molecular formula is C16H17N3O2S2. The highest BCUT2D eigenvalue weighted by Gasteiger charge is 2.23. The Morgan fingerprint density at radius 3 is 3.13 bits per heavy atom. The van der Waals surface area contributed by atoms with Gasteiger partial charge in [0, 0.05) is 29.4 Å². The zero-order valence-electron chi connectivity index (χ0n) is 12.5. The van der Waals surface area contributed by atoms with Crippen molar-refractivity contribution in [3.63, 3.8) is 0 Å². The first-order valence-electron chi connectivity index (χ1n) is 7.42. The number of para-hydroxylation sites is 1. The van der Waals surface area contributed by atoms with Crippen molar-refractivity contribution in [2.45, 2.75) is 24.5 Å². The summed E-state index contributed by atoms with van der Waals surface area (Å²) in [5.41, 5.74) is 2.08. The van der Waals surface area contributed by atoms with Crippen LogP contribution in [0.3, 0.4) is 0 Å². The average Bonchev–Trinajstić information content (AvgIpc) is 2.98. The van der Waals surface area contributed by atoms with E-state index in [1.165, 1.54) is 16.9 Å². The molecule has 0 unspecified atom stereocenters. The second-order valence-corrected chi connectivity index (χ2v) is 7.39. The quantitative estimate of drug-likeness (QED) is 0.871. The molecule has 5 nitrogen and oxygen atoms in total. The second kappa shape index (κ2) is 7.61. The van der Waals surface area contributed by atoms with E-state index in [9.17, 15) is 9.59 Å². The summed E-state index contributed by atoms with van der Waals surface area (Å²) in [6, 6.07) is 7.89. The molecular weight excluding hydrogens is 330 g/mol. The highest BCUT2D eigenvalue weighted by atomic mass is 32.2. The van der Waals surface area contributed by atoms with Gasteiger partial charge in [-0.25, -0.2) is 4.98 Å². The number of carbonyl (C=O) groups is 2. The number of thiazole rings is 1. The van der Waals surface area contributed by atoms with Crippen LogP contribution in [-0.2, 0) is 16.0 Å². The number of carbonyl (C=O) groups excluding carboxylic acids is 2. The lowest BCUT2D eigenvalue weighted by Gasteiger charge is -2.12. The van der Waals surface area contributed by atoms with Crippen molar-refractivity contribution in [1.29, 1.82) is 0 Å². The fourth-order valence-corrected chi connectivity index (χ4v) is 4.04. The molecule has 0 saturated carbocycles. The van der Waals surface area contributed by atoms with E-state index in [0.29, 0.717) is 17.3 Å². The maximum absolute atomic E-state index is 12.3. The highest BCUT2D eigenvalue weighted by Crippen LogP contribution is 2.27. The van der Waals surface area contributed by atoms with Crippen molar-refractivity contribution < 1.29 is 9.59 Å². The van der Waals surface area contributed by atoms with Crippen LogP contribution in [-0.4, -0.2) is 27.8 Å². The Hall–Kier alpha value is -1.86. The van der Waals surface area contributed by atoms with Gasteiger partial charge in [-0.05, 0) is 24.5 Å². The van der Waals surface area contributed by atoms with Crippen molar-refractivity contribution in [3.05, 3.63) is 41.4 Å². The summed E-state index contributed by atoms with van der Waals surface area (Å²) in [6.45, 7) is 0. The third-order valence-electron chi connectivity index (χ3n) is 3.57. The third-order valence-corrected chi connectivity index (χ3v) is 5.55. The summed E-state index contributed by atoms with van der Waals surface area (Å²) in [5.74, 6) is 0.580. The third kappa shape index (κ3) is 4.33. The Bertz CT molecular complexity index is 688. The molecule has 0 saturated heterocycles. The van der Waals surface area contributed by atoms with Gasteiger partial charge in [0.1, 0.15) is 0 Å². The summed E-state index contributed by atoms with van der Waals surface area (Å²) in [7, 11) is 0. The molecule has 1 atom stereocenters. The number of aryl methyl sites for hydroxylation is 1. The Morgan fingerprint density at radius 1 is 1.43 bits per heavy atom. The molecule has 1 aliphatic heterocycles. The molecule has 2 aromatic rings. The predicted octanol–water partition coefficient (Wildman–Crippen LogP) is 3.16. The molecule has 0 bridgehead atoms. The van der Waals surface area contributed by atoms with Gasteiger partial charge in [0.25, 0.3) is 0 Å². The summed E-state index contributed by atoms with van der Waals surface area (Å²) in [5, 5.41) is 8.05. The lowest BCUT2D eigenvalue weighted by Crippen LogP contribution is -2.24. The Kier molecular flexibility index (Phi) is 5.30. The first-order chi connectivity index (χ1) is 11.2. The lowest BCUT2D eigenvalue weighted by molar-refractivity contribution is -0.116. The number of nitrogens with one attached hydrogen (secondary N) is 2. The largest absolute Gasteiger partial charge is 0.325 e. The molecule has 1 aromatic carbocycles. The van der Waals surface area contributed by atoms with Crippen molar-refractivity contribution in [2.24, 2.45) is 0 Å². The topological polar surface area (TPSA) is 71.1 Å². The molecule has 1 aliphatic rings. The monoisotopic (exact) mass is 347 g/mol. The molecule has 0 spiro atoms. The summed E-state index contributed by atoms with van der Waals surface area (Å²) in [4.78, 5) is 28.1. The van der Waals surface area contributed by atoms with E-state index in [2.05, 4.69) is 15.6 Å². The number of benzene rings is 1. The number of hydrogen-bond donors (Lipinski definition) is 2. The van der Waals surface area contributed by atoms with Gasteiger partial charge >= 0.3 is 0 Å².